The SMILES string of the molecule is CC(C)(C)C(=P)[S-].C[c-]1[c-](C)[c-](C)[c-](C)[c-]1C.Cc1c(C)c(C)[c-](C)c1C.[Zr]. The van der Waals surface area contributed by atoms with Gasteiger partial charge in [-0.3, -0.25) is 0 Å². The molecule has 0 spiro atoms. The molecule has 0 fully saturated rings. The summed E-state index contributed by atoms with van der Waals surface area (Å²) < 4.78 is 0.882. The molecular weight excluding hydrogens is 455 g/mol. The van der Waals surface area contributed by atoms with Crippen molar-refractivity contribution in [2.24, 2.45) is 5.41 Å². The van der Waals surface area contributed by atoms with Crippen LogP contribution in [-0.4, -0.2) is 4.63 Å². The van der Waals surface area contributed by atoms with E-state index in [1.807, 2.05) is 0 Å². The largest absolute Gasteiger partial charge is 0.756 e. The molecule has 0 aromatic heterocycles. The second-order valence-corrected chi connectivity index (χ2v) is 10.1. The maximum absolute atomic E-state index is 4.85. The van der Waals surface area contributed by atoms with Gasteiger partial charge in [-0.05, 0) is 5.41 Å². The molecule has 2 rings (SSSR count). The van der Waals surface area contributed by atoms with Crippen molar-refractivity contribution >= 4 is 26.1 Å². The van der Waals surface area contributed by atoms with E-state index in [9.17, 15) is 0 Å². The Morgan fingerprint density at radius 1 is 0.679 bits per heavy atom. The van der Waals surface area contributed by atoms with E-state index in [-0.39, 0.29) is 31.6 Å². The standard InChI is InChI=1S/2C10H15.C5H11PS.Zr/c2*1-6-7(2)9(4)10(5)8(6)3;1-5(2,3)4(6)7;/h2*1-5H3;6-7H,1-3H3;/q-5;-1;;/p-1. The summed E-state index contributed by atoms with van der Waals surface area (Å²) in [5.41, 5.74) is 14.8. The zero-order valence-electron chi connectivity index (χ0n) is 20.4. The van der Waals surface area contributed by atoms with Crippen LogP contribution in [0, 0.1) is 74.7 Å². The Labute approximate surface area is 202 Å². The Balaban J connectivity index is 0. The Morgan fingerprint density at radius 2 is 0.857 bits per heavy atom. The average molecular weight is 495 g/mol. The third-order valence-corrected chi connectivity index (χ3v) is 7.67. The molecule has 0 nitrogen and oxygen atoms in total. The van der Waals surface area contributed by atoms with Crippen LogP contribution in [0.5, 0.6) is 0 Å². The summed E-state index contributed by atoms with van der Waals surface area (Å²) >= 11 is 4.85. The maximum atomic E-state index is 4.85. The van der Waals surface area contributed by atoms with Gasteiger partial charge < -0.3 is 40.4 Å². The molecule has 0 radical (unpaired) electrons. The molecule has 0 heterocycles. The molecule has 0 aliphatic carbocycles. The van der Waals surface area contributed by atoms with E-state index >= 15 is 0 Å². The quantitative estimate of drug-likeness (QED) is 0.205. The fraction of sp³-hybridized carbons (Fsp3) is 0.560. The van der Waals surface area contributed by atoms with Gasteiger partial charge in [0.2, 0.25) is 0 Å². The third-order valence-electron chi connectivity index (χ3n) is 6.31. The Morgan fingerprint density at radius 3 is 0.929 bits per heavy atom. The molecule has 2 aromatic carbocycles. The van der Waals surface area contributed by atoms with E-state index in [1.165, 1.54) is 55.6 Å². The van der Waals surface area contributed by atoms with Crippen LogP contribution < -0.4 is 0 Å². The molecule has 0 N–H and O–H groups in total. The minimum atomic E-state index is 0. The predicted octanol–water partition coefficient (Wildman–Crippen LogP) is 7.74. The zero-order valence-corrected chi connectivity index (χ0v) is 24.7. The molecule has 0 saturated carbocycles. The average Bonchev–Trinajstić information content (AvgIpc) is 2.86. The van der Waals surface area contributed by atoms with Crippen LogP contribution in [0.3, 0.4) is 0 Å². The van der Waals surface area contributed by atoms with Crippen molar-refractivity contribution in [3.8, 4) is 0 Å². The van der Waals surface area contributed by atoms with Crippen molar-refractivity contribution in [1.82, 2.24) is 0 Å². The summed E-state index contributed by atoms with van der Waals surface area (Å²) in [4.78, 5) is 0. The van der Waals surface area contributed by atoms with Gasteiger partial charge in [0.05, 0.1) is 0 Å². The summed E-state index contributed by atoms with van der Waals surface area (Å²) in [7, 11) is 3.27. The van der Waals surface area contributed by atoms with Gasteiger partial charge in [-0.2, -0.15) is 41.3 Å². The number of rotatable bonds is 0. The zero-order chi connectivity index (χ0) is 21.9. The molecule has 0 unspecified atom stereocenters. The molecule has 0 bridgehead atoms. The molecule has 0 amide bonds. The van der Waals surface area contributed by atoms with E-state index in [2.05, 4.69) is 98.9 Å². The summed E-state index contributed by atoms with van der Waals surface area (Å²) in [5.74, 6) is 0. The van der Waals surface area contributed by atoms with Crippen molar-refractivity contribution in [3.05, 3.63) is 55.6 Å². The van der Waals surface area contributed by atoms with Crippen molar-refractivity contribution in [3.63, 3.8) is 0 Å². The smallest absolute Gasteiger partial charge is 0 e. The van der Waals surface area contributed by atoms with E-state index in [4.69, 9.17) is 12.6 Å². The van der Waals surface area contributed by atoms with Crippen LogP contribution >= 0.6 is 8.86 Å². The van der Waals surface area contributed by atoms with E-state index in [0.29, 0.717) is 0 Å². The normalized spacial score (nSPS) is 10.4. The molecule has 162 valence electrons. The van der Waals surface area contributed by atoms with Gasteiger partial charge in [-0.15, -0.1) is 0 Å². The molecule has 0 atom stereocenters. The molecule has 28 heavy (non-hydrogen) atoms. The fourth-order valence-corrected chi connectivity index (χ4v) is 2.81. The minimum Gasteiger partial charge on any atom is -0.756 e. The first-order valence-corrected chi connectivity index (χ1v) is 10.6. The first-order chi connectivity index (χ1) is 12.1. The predicted molar refractivity (Wildman–Crippen MR) is 132 cm³/mol. The van der Waals surface area contributed by atoms with E-state index in [0.717, 1.165) is 4.63 Å². The summed E-state index contributed by atoms with van der Waals surface area (Å²) in [5, 5.41) is 0. The van der Waals surface area contributed by atoms with Crippen molar-refractivity contribution in [2.45, 2.75) is 90.0 Å². The van der Waals surface area contributed by atoms with Crippen LogP contribution in [0.1, 0.15) is 76.4 Å². The van der Waals surface area contributed by atoms with Crippen LogP contribution in [0.2, 0.25) is 0 Å². The van der Waals surface area contributed by atoms with Crippen molar-refractivity contribution in [1.29, 1.82) is 0 Å². The fourth-order valence-electron chi connectivity index (χ4n) is 2.81. The van der Waals surface area contributed by atoms with Crippen molar-refractivity contribution in [2.75, 3.05) is 0 Å². The topological polar surface area (TPSA) is 0 Å². The minimum absolute atomic E-state index is 0. The monoisotopic (exact) mass is 493 g/mol. The van der Waals surface area contributed by atoms with Crippen LogP contribution in [0.25, 0.3) is 0 Å². The molecular formula is C25H40PSZr-7. The van der Waals surface area contributed by atoms with Gasteiger partial charge in [0, 0.05) is 26.2 Å². The van der Waals surface area contributed by atoms with Gasteiger partial charge in [-0.1, -0.05) is 55.4 Å². The first-order valence-electron chi connectivity index (χ1n) is 9.70. The molecule has 3 heteroatoms. The van der Waals surface area contributed by atoms with E-state index in [1.54, 1.807) is 0 Å². The van der Waals surface area contributed by atoms with Crippen LogP contribution in [0.15, 0.2) is 0 Å². The first kappa shape index (κ1) is 30.3. The van der Waals surface area contributed by atoms with Gasteiger partial charge >= 0.3 is 0 Å². The number of hydrogen-bond donors (Lipinski definition) is 0. The van der Waals surface area contributed by atoms with Crippen LogP contribution in [-0.2, 0) is 38.8 Å². The van der Waals surface area contributed by atoms with Gasteiger partial charge in [0.15, 0.2) is 0 Å². The summed E-state index contributed by atoms with van der Waals surface area (Å²) in [6.07, 6.45) is 0. The molecule has 0 saturated heterocycles. The summed E-state index contributed by atoms with van der Waals surface area (Å²) in [6, 6.07) is 0. The van der Waals surface area contributed by atoms with Gasteiger partial charge in [0.1, 0.15) is 0 Å². The summed E-state index contributed by atoms with van der Waals surface area (Å²) in [6.45, 7) is 28.2. The van der Waals surface area contributed by atoms with E-state index < -0.39 is 0 Å². The Bertz CT molecular complexity index is 581. The molecule has 0 aliphatic heterocycles. The Kier molecular flexibility index (Phi) is 13.1. The van der Waals surface area contributed by atoms with Gasteiger partial charge in [-0.25, -0.2) is 34.6 Å². The maximum Gasteiger partial charge on any atom is 0 e. The molecule has 0 aliphatic rings. The van der Waals surface area contributed by atoms with Crippen molar-refractivity contribution < 1.29 is 26.2 Å². The Hall–Kier alpha value is 0.103. The molecule has 2 aromatic rings. The van der Waals surface area contributed by atoms with Gasteiger partial charge in [0.25, 0.3) is 0 Å². The third kappa shape index (κ3) is 7.74. The van der Waals surface area contributed by atoms with Crippen LogP contribution in [0.4, 0.5) is 0 Å². The number of hydrogen-bond acceptors (Lipinski definition) is 1. The second kappa shape index (κ2) is 12.1. The second-order valence-electron chi connectivity index (χ2n) is 8.83.